The van der Waals surface area contributed by atoms with Crippen molar-refractivity contribution in [1.82, 2.24) is 10.6 Å². The number of nitrogens with one attached hydrogen (secondary N) is 2. The van der Waals surface area contributed by atoms with Crippen LogP contribution in [0.1, 0.15) is 33.1 Å². The quantitative estimate of drug-likeness (QED) is 0.776. The molecule has 2 N–H and O–H groups in total. The Labute approximate surface area is 98.8 Å². The standard InChI is InChI=1S/C11H22N2O.ClH/c1-9(3-8-13-10(2)14)11-4-6-12-7-5-11;/h9,11-12H,3-8H2,1-2H3,(H,13,14);1H. The third kappa shape index (κ3) is 6.00. The summed E-state index contributed by atoms with van der Waals surface area (Å²) >= 11 is 0. The van der Waals surface area contributed by atoms with Gasteiger partial charge in [-0.25, -0.2) is 0 Å². The van der Waals surface area contributed by atoms with Gasteiger partial charge in [-0.05, 0) is 44.2 Å². The van der Waals surface area contributed by atoms with Crippen LogP contribution in [0.3, 0.4) is 0 Å². The highest BCUT2D eigenvalue weighted by Gasteiger charge is 2.19. The van der Waals surface area contributed by atoms with Crippen LogP contribution in [0.5, 0.6) is 0 Å². The highest BCUT2D eigenvalue weighted by atomic mass is 35.5. The Morgan fingerprint density at radius 3 is 2.60 bits per heavy atom. The molecule has 0 radical (unpaired) electrons. The molecule has 0 saturated carbocycles. The molecule has 1 unspecified atom stereocenters. The number of piperidine rings is 1. The molecule has 1 amide bonds. The zero-order valence-corrected chi connectivity index (χ0v) is 10.5. The monoisotopic (exact) mass is 234 g/mol. The molecule has 90 valence electrons. The number of hydrogen-bond donors (Lipinski definition) is 2. The van der Waals surface area contributed by atoms with E-state index in [1.807, 2.05) is 0 Å². The molecule has 1 rings (SSSR count). The Balaban J connectivity index is 0.00000196. The molecule has 0 aliphatic carbocycles. The van der Waals surface area contributed by atoms with Crippen molar-refractivity contribution in [1.29, 1.82) is 0 Å². The number of halogens is 1. The third-order valence-corrected chi connectivity index (χ3v) is 3.16. The molecular weight excluding hydrogens is 212 g/mol. The maximum atomic E-state index is 10.7. The predicted molar refractivity (Wildman–Crippen MR) is 65.3 cm³/mol. The minimum Gasteiger partial charge on any atom is -0.356 e. The smallest absolute Gasteiger partial charge is 0.216 e. The lowest BCUT2D eigenvalue weighted by molar-refractivity contribution is -0.119. The van der Waals surface area contributed by atoms with E-state index < -0.39 is 0 Å². The molecule has 1 saturated heterocycles. The molecule has 1 heterocycles. The first-order valence-corrected chi connectivity index (χ1v) is 5.65. The molecule has 0 aromatic heterocycles. The van der Waals surface area contributed by atoms with Crippen LogP contribution in [0.25, 0.3) is 0 Å². The van der Waals surface area contributed by atoms with Gasteiger partial charge in [0.25, 0.3) is 0 Å². The van der Waals surface area contributed by atoms with Crippen LogP contribution in [0.15, 0.2) is 0 Å². The summed E-state index contributed by atoms with van der Waals surface area (Å²) in [7, 11) is 0. The summed E-state index contributed by atoms with van der Waals surface area (Å²) in [4.78, 5) is 10.7. The summed E-state index contributed by atoms with van der Waals surface area (Å²) in [5, 5.41) is 6.24. The summed E-state index contributed by atoms with van der Waals surface area (Å²) < 4.78 is 0. The van der Waals surface area contributed by atoms with E-state index in [1.54, 1.807) is 6.92 Å². The average Bonchev–Trinajstić information content (AvgIpc) is 2.18. The summed E-state index contributed by atoms with van der Waals surface area (Å²) in [5.74, 6) is 1.68. The van der Waals surface area contributed by atoms with Gasteiger partial charge in [0.15, 0.2) is 0 Å². The Kier molecular flexibility index (Phi) is 7.79. The van der Waals surface area contributed by atoms with Crippen molar-refractivity contribution in [2.75, 3.05) is 19.6 Å². The molecule has 1 aliphatic rings. The lowest BCUT2D eigenvalue weighted by atomic mass is 9.84. The van der Waals surface area contributed by atoms with Crippen LogP contribution < -0.4 is 10.6 Å². The predicted octanol–water partition coefficient (Wildman–Crippen LogP) is 1.57. The van der Waals surface area contributed by atoms with Gasteiger partial charge in [-0.3, -0.25) is 4.79 Å². The summed E-state index contributed by atoms with van der Waals surface area (Å²) in [6, 6.07) is 0. The Hall–Kier alpha value is -0.280. The highest BCUT2D eigenvalue weighted by molar-refractivity contribution is 5.85. The summed E-state index contributed by atoms with van der Waals surface area (Å²) in [6.07, 6.45) is 3.70. The summed E-state index contributed by atoms with van der Waals surface area (Å²) in [5.41, 5.74) is 0. The maximum absolute atomic E-state index is 10.7. The number of hydrogen-bond acceptors (Lipinski definition) is 2. The van der Waals surface area contributed by atoms with Gasteiger partial charge in [0.2, 0.25) is 5.91 Å². The Morgan fingerprint density at radius 1 is 1.47 bits per heavy atom. The van der Waals surface area contributed by atoms with Crippen molar-refractivity contribution in [2.45, 2.75) is 33.1 Å². The van der Waals surface area contributed by atoms with Crippen molar-refractivity contribution in [2.24, 2.45) is 11.8 Å². The van der Waals surface area contributed by atoms with E-state index in [4.69, 9.17) is 0 Å². The zero-order chi connectivity index (χ0) is 10.4. The van der Waals surface area contributed by atoms with E-state index in [0.29, 0.717) is 0 Å². The first-order chi connectivity index (χ1) is 6.70. The van der Waals surface area contributed by atoms with Crippen molar-refractivity contribution in [3.05, 3.63) is 0 Å². The molecule has 1 aliphatic heterocycles. The highest BCUT2D eigenvalue weighted by Crippen LogP contribution is 2.23. The van der Waals surface area contributed by atoms with Gasteiger partial charge in [0.1, 0.15) is 0 Å². The van der Waals surface area contributed by atoms with Crippen molar-refractivity contribution in [3.63, 3.8) is 0 Å². The van der Waals surface area contributed by atoms with E-state index in [9.17, 15) is 4.79 Å². The first-order valence-electron chi connectivity index (χ1n) is 5.65. The molecule has 1 fully saturated rings. The maximum Gasteiger partial charge on any atom is 0.216 e. The largest absolute Gasteiger partial charge is 0.356 e. The molecule has 0 spiro atoms. The second-order valence-corrected chi connectivity index (χ2v) is 4.34. The SMILES string of the molecule is CC(=O)NCCC(C)C1CCNCC1.Cl. The molecular formula is C11H23ClN2O. The van der Waals surface area contributed by atoms with Crippen molar-refractivity contribution in [3.8, 4) is 0 Å². The fourth-order valence-electron chi connectivity index (χ4n) is 2.12. The van der Waals surface area contributed by atoms with Crippen molar-refractivity contribution >= 4 is 18.3 Å². The van der Waals surface area contributed by atoms with Gasteiger partial charge in [0.05, 0.1) is 0 Å². The van der Waals surface area contributed by atoms with Gasteiger partial charge in [-0.1, -0.05) is 6.92 Å². The molecule has 3 nitrogen and oxygen atoms in total. The van der Waals surface area contributed by atoms with E-state index in [1.165, 1.54) is 12.8 Å². The summed E-state index contributed by atoms with van der Waals surface area (Å²) in [6.45, 7) is 7.04. The van der Waals surface area contributed by atoms with E-state index in [-0.39, 0.29) is 18.3 Å². The average molecular weight is 235 g/mol. The fraction of sp³-hybridized carbons (Fsp3) is 0.909. The molecule has 0 aromatic carbocycles. The van der Waals surface area contributed by atoms with Crippen LogP contribution in [0.2, 0.25) is 0 Å². The van der Waals surface area contributed by atoms with Gasteiger partial charge >= 0.3 is 0 Å². The third-order valence-electron chi connectivity index (χ3n) is 3.16. The second-order valence-electron chi connectivity index (χ2n) is 4.34. The second kappa shape index (κ2) is 7.94. The lowest BCUT2D eigenvalue weighted by Crippen LogP contribution is -2.32. The van der Waals surface area contributed by atoms with Crippen LogP contribution in [-0.4, -0.2) is 25.5 Å². The van der Waals surface area contributed by atoms with Gasteiger partial charge < -0.3 is 10.6 Å². The molecule has 1 atom stereocenters. The van der Waals surface area contributed by atoms with E-state index in [2.05, 4.69) is 17.6 Å². The number of carbonyl (C=O) groups excluding carboxylic acids is 1. The van der Waals surface area contributed by atoms with Gasteiger partial charge in [-0.2, -0.15) is 0 Å². The normalized spacial score (nSPS) is 19.1. The number of carbonyl (C=O) groups is 1. The molecule has 15 heavy (non-hydrogen) atoms. The lowest BCUT2D eigenvalue weighted by Gasteiger charge is -2.28. The van der Waals surface area contributed by atoms with Crippen LogP contribution in [-0.2, 0) is 4.79 Å². The first kappa shape index (κ1) is 14.7. The minimum atomic E-state index is 0. The van der Waals surface area contributed by atoms with Gasteiger partial charge in [-0.15, -0.1) is 12.4 Å². The van der Waals surface area contributed by atoms with E-state index in [0.717, 1.165) is 37.9 Å². The number of amides is 1. The molecule has 0 bridgehead atoms. The topological polar surface area (TPSA) is 41.1 Å². The van der Waals surface area contributed by atoms with Crippen LogP contribution in [0, 0.1) is 11.8 Å². The van der Waals surface area contributed by atoms with E-state index >= 15 is 0 Å². The number of rotatable bonds is 4. The Morgan fingerprint density at radius 2 is 2.07 bits per heavy atom. The fourth-order valence-corrected chi connectivity index (χ4v) is 2.12. The molecule has 4 heteroatoms. The zero-order valence-electron chi connectivity index (χ0n) is 9.71. The molecule has 0 aromatic rings. The van der Waals surface area contributed by atoms with Crippen LogP contribution in [0.4, 0.5) is 0 Å². The van der Waals surface area contributed by atoms with Gasteiger partial charge in [0, 0.05) is 13.5 Å². The van der Waals surface area contributed by atoms with Crippen molar-refractivity contribution < 1.29 is 4.79 Å². The Bertz CT molecular complexity index is 181. The minimum absolute atomic E-state index is 0. The van der Waals surface area contributed by atoms with Crippen LogP contribution >= 0.6 is 12.4 Å².